The Morgan fingerprint density at radius 2 is 1.95 bits per heavy atom. The lowest BCUT2D eigenvalue weighted by molar-refractivity contribution is -0.128. The van der Waals surface area contributed by atoms with Crippen molar-refractivity contribution >= 4 is 17.5 Å². The summed E-state index contributed by atoms with van der Waals surface area (Å²) in [6.07, 6.45) is 4.15. The fourth-order valence-electron chi connectivity index (χ4n) is 2.83. The van der Waals surface area contributed by atoms with Gasteiger partial charge in [0, 0.05) is 12.2 Å². The molecule has 1 aliphatic carbocycles. The number of rotatable bonds is 6. The minimum Gasteiger partial charge on any atom is -0.343 e. The Labute approximate surface area is 131 Å². The highest BCUT2D eigenvalue weighted by molar-refractivity contribution is 6.00. The van der Waals surface area contributed by atoms with Crippen molar-refractivity contribution in [1.29, 1.82) is 0 Å². The summed E-state index contributed by atoms with van der Waals surface area (Å²) in [4.78, 5) is 26.3. The maximum absolute atomic E-state index is 12.5. The van der Waals surface area contributed by atoms with E-state index in [4.69, 9.17) is 0 Å². The van der Waals surface area contributed by atoms with Crippen LogP contribution in [0.15, 0.2) is 30.3 Å². The summed E-state index contributed by atoms with van der Waals surface area (Å²) in [5.74, 6) is 0.652. The molecule has 1 aromatic carbocycles. The SMILES string of the molecule is O=C(CNCC1CC1)NC1CCCN(c2ccccc2)C1=O. The van der Waals surface area contributed by atoms with Gasteiger partial charge in [-0.3, -0.25) is 9.59 Å². The van der Waals surface area contributed by atoms with Crippen molar-refractivity contribution in [2.24, 2.45) is 5.92 Å². The van der Waals surface area contributed by atoms with E-state index in [1.807, 2.05) is 30.3 Å². The van der Waals surface area contributed by atoms with Gasteiger partial charge in [0.05, 0.1) is 6.54 Å². The molecule has 5 heteroatoms. The molecule has 2 fully saturated rings. The van der Waals surface area contributed by atoms with Gasteiger partial charge in [-0.25, -0.2) is 0 Å². The number of carbonyl (C=O) groups excluding carboxylic acids is 2. The van der Waals surface area contributed by atoms with Crippen LogP contribution in [0, 0.1) is 5.92 Å². The van der Waals surface area contributed by atoms with Gasteiger partial charge in [-0.1, -0.05) is 18.2 Å². The summed E-state index contributed by atoms with van der Waals surface area (Å²) in [5.41, 5.74) is 0.901. The standard InChI is InChI=1S/C17H23N3O2/c21-16(12-18-11-13-8-9-13)19-15-7-4-10-20(17(15)22)14-5-2-1-3-6-14/h1-3,5-6,13,15,18H,4,7-12H2,(H,19,21). The van der Waals surface area contributed by atoms with Crippen LogP contribution in [0.2, 0.25) is 0 Å². The van der Waals surface area contributed by atoms with Crippen molar-refractivity contribution in [3.05, 3.63) is 30.3 Å². The van der Waals surface area contributed by atoms with E-state index in [2.05, 4.69) is 10.6 Å². The first-order chi connectivity index (χ1) is 10.7. The largest absolute Gasteiger partial charge is 0.343 e. The molecule has 2 N–H and O–H groups in total. The molecular weight excluding hydrogens is 278 g/mol. The fourth-order valence-corrected chi connectivity index (χ4v) is 2.83. The Kier molecular flexibility index (Phi) is 4.73. The van der Waals surface area contributed by atoms with E-state index in [-0.39, 0.29) is 11.8 Å². The molecular formula is C17H23N3O2. The van der Waals surface area contributed by atoms with E-state index >= 15 is 0 Å². The summed E-state index contributed by atoms with van der Waals surface area (Å²) >= 11 is 0. The lowest BCUT2D eigenvalue weighted by Gasteiger charge is -2.32. The summed E-state index contributed by atoms with van der Waals surface area (Å²) in [6, 6.07) is 9.24. The van der Waals surface area contributed by atoms with Gasteiger partial charge in [0.15, 0.2) is 0 Å². The summed E-state index contributed by atoms with van der Waals surface area (Å²) in [6.45, 7) is 1.92. The zero-order chi connectivity index (χ0) is 15.4. The van der Waals surface area contributed by atoms with Gasteiger partial charge in [0.25, 0.3) is 0 Å². The number of hydrogen-bond donors (Lipinski definition) is 2. The molecule has 0 aromatic heterocycles. The average Bonchev–Trinajstić information content (AvgIpc) is 3.34. The molecule has 1 unspecified atom stereocenters. The molecule has 118 valence electrons. The maximum Gasteiger partial charge on any atom is 0.249 e. The number of amides is 2. The first kappa shape index (κ1) is 15.0. The van der Waals surface area contributed by atoms with Crippen molar-refractivity contribution in [3.8, 4) is 0 Å². The molecule has 1 saturated heterocycles. The van der Waals surface area contributed by atoms with Gasteiger partial charge in [-0.05, 0) is 50.3 Å². The van der Waals surface area contributed by atoms with E-state index in [1.54, 1.807) is 4.90 Å². The van der Waals surface area contributed by atoms with Crippen molar-refractivity contribution < 1.29 is 9.59 Å². The molecule has 3 rings (SSSR count). The van der Waals surface area contributed by atoms with Crippen LogP contribution < -0.4 is 15.5 Å². The predicted octanol–water partition coefficient (Wildman–Crippen LogP) is 1.30. The van der Waals surface area contributed by atoms with E-state index in [0.29, 0.717) is 6.54 Å². The summed E-state index contributed by atoms with van der Waals surface area (Å²) in [7, 11) is 0. The Balaban J connectivity index is 1.52. The van der Waals surface area contributed by atoms with Gasteiger partial charge in [0.1, 0.15) is 6.04 Å². The van der Waals surface area contributed by atoms with Crippen LogP contribution in [-0.2, 0) is 9.59 Å². The van der Waals surface area contributed by atoms with Crippen LogP contribution in [0.4, 0.5) is 5.69 Å². The van der Waals surface area contributed by atoms with Crippen LogP contribution in [0.1, 0.15) is 25.7 Å². The van der Waals surface area contributed by atoms with Gasteiger partial charge in [0.2, 0.25) is 11.8 Å². The smallest absolute Gasteiger partial charge is 0.249 e. The Morgan fingerprint density at radius 3 is 2.68 bits per heavy atom. The number of nitrogens with zero attached hydrogens (tertiary/aromatic N) is 1. The van der Waals surface area contributed by atoms with E-state index in [1.165, 1.54) is 12.8 Å². The zero-order valence-corrected chi connectivity index (χ0v) is 12.8. The normalized spacial score (nSPS) is 21.7. The molecule has 0 radical (unpaired) electrons. The molecule has 0 spiro atoms. The summed E-state index contributed by atoms with van der Waals surface area (Å²) in [5, 5.41) is 6.03. The van der Waals surface area contributed by atoms with Crippen molar-refractivity contribution in [3.63, 3.8) is 0 Å². The number of anilines is 1. The molecule has 0 bridgehead atoms. The average molecular weight is 301 g/mol. The maximum atomic E-state index is 12.5. The van der Waals surface area contributed by atoms with E-state index < -0.39 is 6.04 Å². The Hall–Kier alpha value is -1.88. The predicted molar refractivity (Wildman–Crippen MR) is 85.6 cm³/mol. The number of hydrogen-bond acceptors (Lipinski definition) is 3. The first-order valence-corrected chi connectivity index (χ1v) is 8.10. The highest BCUT2D eigenvalue weighted by atomic mass is 16.2. The third-order valence-corrected chi connectivity index (χ3v) is 4.26. The van der Waals surface area contributed by atoms with Crippen molar-refractivity contribution in [2.45, 2.75) is 31.7 Å². The lowest BCUT2D eigenvalue weighted by Crippen LogP contribution is -2.53. The number of benzene rings is 1. The van der Waals surface area contributed by atoms with Gasteiger partial charge in [-0.2, -0.15) is 0 Å². The van der Waals surface area contributed by atoms with Crippen LogP contribution in [0.3, 0.4) is 0 Å². The van der Waals surface area contributed by atoms with Crippen molar-refractivity contribution in [1.82, 2.24) is 10.6 Å². The van der Waals surface area contributed by atoms with Crippen LogP contribution in [0.5, 0.6) is 0 Å². The van der Waals surface area contributed by atoms with Gasteiger partial charge in [-0.15, -0.1) is 0 Å². The minimum atomic E-state index is -0.399. The molecule has 1 aromatic rings. The third kappa shape index (κ3) is 3.85. The number of piperidine rings is 1. The van der Waals surface area contributed by atoms with E-state index in [9.17, 15) is 9.59 Å². The Morgan fingerprint density at radius 1 is 1.18 bits per heavy atom. The van der Waals surface area contributed by atoms with Crippen LogP contribution >= 0.6 is 0 Å². The number of carbonyl (C=O) groups is 2. The Bertz CT molecular complexity index is 528. The van der Waals surface area contributed by atoms with Crippen LogP contribution in [0.25, 0.3) is 0 Å². The molecule has 5 nitrogen and oxygen atoms in total. The number of para-hydroxylation sites is 1. The molecule has 1 saturated carbocycles. The highest BCUT2D eigenvalue weighted by Gasteiger charge is 2.30. The second-order valence-corrected chi connectivity index (χ2v) is 6.16. The molecule has 2 aliphatic rings. The topological polar surface area (TPSA) is 61.4 Å². The minimum absolute atomic E-state index is 0.00649. The molecule has 1 heterocycles. The van der Waals surface area contributed by atoms with Crippen molar-refractivity contribution in [2.75, 3.05) is 24.5 Å². The monoisotopic (exact) mass is 301 g/mol. The molecule has 1 aliphatic heterocycles. The third-order valence-electron chi connectivity index (χ3n) is 4.26. The quantitative estimate of drug-likeness (QED) is 0.832. The van der Waals surface area contributed by atoms with Gasteiger partial charge < -0.3 is 15.5 Å². The lowest BCUT2D eigenvalue weighted by atomic mass is 10.0. The molecule has 2 amide bonds. The van der Waals surface area contributed by atoms with E-state index in [0.717, 1.165) is 37.5 Å². The van der Waals surface area contributed by atoms with Crippen LogP contribution in [-0.4, -0.2) is 37.5 Å². The summed E-state index contributed by atoms with van der Waals surface area (Å²) < 4.78 is 0. The second-order valence-electron chi connectivity index (χ2n) is 6.16. The second kappa shape index (κ2) is 6.92. The fraction of sp³-hybridized carbons (Fsp3) is 0.529. The highest BCUT2D eigenvalue weighted by Crippen LogP contribution is 2.27. The molecule has 22 heavy (non-hydrogen) atoms. The number of nitrogens with one attached hydrogen (secondary N) is 2. The van der Waals surface area contributed by atoms with Gasteiger partial charge >= 0.3 is 0 Å². The zero-order valence-electron chi connectivity index (χ0n) is 12.8. The first-order valence-electron chi connectivity index (χ1n) is 8.10. The molecule has 1 atom stereocenters.